The Morgan fingerprint density at radius 1 is 1.14 bits per heavy atom. The van der Waals surface area contributed by atoms with Crippen LogP contribution in [-0.2, 0) is 16.4 Å². The van der Waals surface area contributed by atoms with Crippen molar-refractivity contribution in [2.45, 2.75) is 40.0 Å². The zero-order valence-corrected chi connectivity index (χ0v) is 22.7. The summed E-state index contributed by atoms with van der Waals surface area (Å²) in [5.74, 6) is 0.655. The maximum atomic E-state index is 12.8. The number of hydrogen-bond donors (Lipinski definition) is 2. The lowest BCUT2D eigenvalue weighted by Crippen LogP contribution is -2.45. The average molecular weight is 577 g/mol. The largest absolute Gasteiger partial charge is 0.358 e. The van der Waals surface area contributed by atoms with Crippen molar-refractivity contribution >= 4 is 56.5 Å². The fourth-order valence-electron chi connectivity index (χ4n) is 5.47. The van der Waals surface area contributed by atoms with Gasteiger partial charge in [-0.1, -0.05) is 47.1 Å². The van der Waals surface area contributed by atoms with E-state index in [2.05, 4.69) is 26.1 Å². The summed E-state index contributed by atoms with van der Waals surface area (Å²) < 4.78 is 27.3. The average Bonchev–Trinajstić information content (AvgIpc) is 3.46. The van der Waals surface area contributed by atoms with Crippen molar-refractivity contribution in [3.8, 4) is 0 Å². The van der Waals surface area contributed by atoms with Crippen molar-refractivity contribution in [1.82, 2.24) is 19.6 Å². The molecule has 9 nitrogen and oxygen atoms in total. The first-order chi connectivity index (χ1) is 17.7. The van der Waals surface area contributed by atoms with Gasteiger partial charge < -0.3 is 10.6 Å². The minimum Gasteiger partial charge on any atom is -0.358 e. The fourth-order valence-corrected chi connectivity index (χ4v) is 7.99. The quantitative estimate of drug-likeness (QED) is 0.372. The van der Waals surface area contributed by atoms with Gasteiger partial charge >= 0.3 is 0 Å². The maximum absolute atomic E-state index is 12.8. The Hall–Kier alpha value is -2.41. The Kier molecular flexibility index (Phi) is 6.13. The molecule has 6 rings (SSSR count). The maximum Gasteiger partial charge on any atom is 0.239 e. The highest BCUT2D eigenvalue weighted by Gasteiger charge is 2.46. The first kappa shape index (κ1) is 24.9. The summed E-state index contributed by atoms with van der Waals surface area (Å²) in [6.45, 7) is 1.37. The molecule has 0 radical (unpaired) electrons. The van der Waals surface area contributed by atoms with E-state index in [0.717, 1.165) is 42.3 Å². The van der Waals surface area contributed by atoms with E-state index in [0.29, 0.717) is 44.4 Å². The van der Waals surface area contributed by atoms with E-state index in [-0.39, 0.29) is 16.4 Å². The number of nitrogens with two attached hydrogens (primary N) is 2. The SMILES string of the molecule is N[C@@H]1c2cccnc2CC12CCN(c1cc(S(N)(=O)=O)c(Sc3cccc(Cl)c3Cl)c3nncn13)CC2. The molecular formula is C24H23Cl2N7O2S2. The molecule has 1 atom stereocenters. The van der Waals surface area contributed by atoms with Gasteiger partial charge in [-0.3, -0.25) is 9.38 Å². The molecule has 37 heavy (non-hydrogen) atoms. The normalized spacial score (nSPS) is 19.0. The van der Waals surface area contributed by atoms with Gasteiger partial charge in [-0.15, -0.1) is 10.2 Å². The van der Waals surface area contributed by atoms with Gasteiger partial charge in [0.05, 0.1) is 14.9 Å². The summed E-state index contributed by atoms with van der Waals surface area (Å²) >= 11 is 13.7. The third kappa shape index (κ3) is 4.18. The lowest BCUT2D eigenvalue weighted by Gasteiger charge is -2.43. The van der Waals surface area contributed by atoms with E-state index in [9.17, 15) is 8.42 Å². The van der Waals surface area contributed by atoms with Crippen LogP contribution in [0.2, 0.25) is 10.0 Å². The Morgan fingerprint density at radius 2 is 1.92 bits per heavy atom. The number of pyridine rings is 2. The monoisotopic (exact) mass is 575 g/mol. The first-order valence-corrected chi connectivity index (χ1v) is 14.8. The van der Waals surface area contributed by atoms with Crippen molar-refractivity contribution < 1.29 is 8.42 Å². The minimum absolute atomic E-state index is 0.0431. The van der Waals surface area contributed by atoms with Crippen LogP contribution in [0.3, 0.4) is 0 Å². The molecule has 1 fully saturated rings. The predicted octanol–water partition coefficient (Wildman–Crippen LogP) is 4.07. The summed E-state index contributed by atoms with van der Waals surface area (Å²) in [5, 5.41) is 14.7. The predicted molar refractivity (Wildman–Crippen MR) is 144 cm³/mol. The highest BCUT2D eigenvalue weighted by molar-refractivity contribution is 8.00. The van der Waals surface area contributed by atoms with E-state index in [1.54, 1.807) is 35.0 Å². The molecule has 1 aliphatic heterocycles. The zero-order chi connectivity index (χ0) is 25.9. The van der Waals surface area contributed by atoms with Gasteiger partial charge in [0.15, 0.2) is 5.65 Å². The summed E-state index contributed by atoms with van der Waals surface area (Å²) in [6, 6.07) is 10.7. The lowest BCUT2D eigenvalue weighted by atomic mass is 9.73. The second-order valence-corrected chi connectivity index (χ2v) is 12.8. The van der Waals surface area contributed by atoms with Gasteiger partial charge in [0, 0.05) is 42.0 Å². The molecule has 1 aliphatic carbocycles. The molecule has 1 saturated heterocycles. The number of anilines is 1. The van der Waals surface area contributed by atoms with Crippen LogP contribution in [0.5, 0.6) is 0 Å². The molecule has 1 spiro atoms. The number of nitrogens with zero attached hydrogens (tertiary/aromatic N) is 5. The van der Waals surface area contributed by atoms with Crippen LogP contribution in [0, 0.1) is 5.41 Å². The Balaban J connectivity index is 1.37. The number of aromatic nitrogens is 4. The molecule has 1 aromatic carbocycles. The summed E-state index contributed by atoms with van der Waals surface area (Å²) in [7, 11) is -4.11. The van der Waals surface area contributed by atoms with Gasteiger partial charge in [0.1, 0.15) is 17.0 Å². The van der Waals surface area contributed by atoms with Crippen molar-refractivity contribution in [3.05, 3.63) is 70.2 Å². The van der Waals surface area contributed by atoms with Crippen LogP contribution in [0.15, 0.2) is 63.6 Å². The molecule has 192 valence electrons. The highest BCUT2D eigenvalue weighted by atomic mass is 35.5. The van der Waals surface area contributed by atoms with Crippen LogP contribution in [0.1, 0.15) is 30.1 Å². The van der Waals surface area contributed by atoms with Crippen LogP contribution < -0.4 is 15.8 Å². The summed E-state index contributed by atoms with van der Waals surface area (Å²) in [6.07, 6.45) is 5.92. The minimum atomic E-state index is -4.11. The van der Waals surface area contributed by atoms with E-state index < -0.39 is 10.0 Å². The summed E-state index contributed by atoms with van der Waals surface area (Å²) in [4.78, 5) is 7.56. The third-order valence-electron chi connectivity index (χ3n) is 7.44. The van der Waals surface area contributed by atoms with Crippen molar-refractivity contribution in [2.24, 2.45) is 16.3 Å². The molecule has 3 aromatic heterocycles. The molecular weight excluding hydrogens is 553 g/mol. The summed E-state index contributed by atoms with van der Waals surface area (Å²) in [5.41, 5.74) is 9.20. The van der Waals surface area contributed by atoms with Crippen LogP contribution in [0.4, 0.5) is 5.82 Å². The van der Waals surface area contributed by atoms with E-state index >= 15 is 0 Å². The molecule has 13 heteroatoms. The number of primary sulfonamides is 1. The second kappa shape index (κ2) is 9.11. The Labute approximate surface area is 228 Å². The van der Waals surface area contributed by atoms with Crippen LogP contribution in [-0.4, -0.2) is 41.1 Å². The number of halogens is 2. The number of fused-ring (bicyclic) bond motifs is 2. The van der Waals surface area contributed by atoms with Gasteiger partial charge in [-0.25, -0.2) is 13.6 Å². The molecule has 0 unspecified atom stereocenters. The number of benzene rings is 1. The number of hydrogen-bond acceptors (Lipinski definition) is 8. The highest BCUT2D eigenvalue weighted by Crippen LogP contribution is 2.51. The second-order valence-electron chi connectivity index (χ2n) is 9.46. The number of sulfonamides is 1. The van der Waals surface area contributed by atoms with E-state index in [1.165, 1.54) is 0 Å². The van der Waals surface area contributed by atoms with Crippen molar-refractivity contribution in [3.63, 3.8) is 0 Å². The smallest absolute Gasteiger partial charge is 0.239 e. The molecule has 0 amide bonds. The van der Waals surface area contributed by atoms with Crippen molar-refractivity contribution in [1.29, 1.82) is 0 Å². The molecule has 0 saturated carbocycles. The molecule has 4 heterocycles. The first-order valence-electron chi connectivity index (χ1n) is 11.6. The third-order valence-corrected chi connectivity index (χ3v) is 10.6. The van der Waals surface area contributed by atoms with Crippen molar-refractivity contribution in [2.75, 3.05) is 18.0 Å². The molecule has 2 aliphatic rings. The Morgan fingerprint density at radius 3 is 2.65 bits per heavy atom. The molecule has 4 N–H and O–H groups in total. The van der Waals surface area contributed by atoms with Gasteiger partial charge in [0.25, 0.3) is 0 Å². The Bertz CT molecular complexity index is 1640. The van der Waals surface area contributed by atoms with Gasteiger partial charge in [-0.05, 0) is 48.4 Å². The van der Waals surface area contributed by atoms with Crippen LogP contribution in [0.25, 0.3) is 5.65 Å². The lowest BCUT2D eigenvalue weighted by molar-refractivity contribution is 0.186. The fraction of sp³-hybridized carbons (Fsp3) is 0.292. The topological polar surface area (TPSA) is 132 Å². The van der Waals surface area contributed by atoms with Gasteiger partial charge in [-0.2, -0.15) is 0 Å². The standard InChI is InChI=1S/C24H23Cl2N7O2S2/c25-15-4-1-5-17(20(15)26)36-21-18(37(28,34)35)11-19(33-13-30-31-23(21)33)32-9-6-24(7-10-32)12-16-14(22(24)27)3-2-8-29-16/h1-5,8,11,13,22H,6-7,9-10,12,27H2,(H2,28,34,35)/t22-/m1/s1. The molecule has 0 bridgehead atoms. The van der Waals surface area contributed by atoms with E-state index in [4.69, 9.17) is 34.1 Å². The van der Waals surface area contributed by atoms with Gasteiger partial charge in [0.2, 0.25) is 10.0 Å². The number of rotatable bonds is 4. The number of piperidine rings is 1. The zero-order valence-electron chi connectivity index (χ0n) is 19.5. The van der Waals surface area contributed by atoms with Crippen LogP contribution >= 0.6 is 35.0 Å². The molecule has 4 aromatic rings. The van der Waals surface area contributed by atoms with E-state index in [1.807, 2.05) is 12.3 Å².